The number of ether oxygens (including phenoxy) is 1. The van der Waals surface area contributed by atoms with Crippen LogP contribution in [-0.2, 0) is 17.0 Å². The van der Waals surface area contributed by atoms with E-state index in [2.05, 4.69) is 39.9 Å². The molecule has 4 rings (SSSR count). The maximum Gasteiger partial charge on any atom is 0.168 e. The molecule has 0 aliphatic carbocycles. The van der Waals surface area contributed by atoms with Crippen molar-refractivity contribution in [1.29, 1.82) is 0 Å². The Morgan fingerprint density at radius 1 is 1.12 bits per heavy atom. The van der Waals surface area contributed by atoms with Crippen LogP contribution in [-0.4, -0.2) is 27.2 Å². The van der Waals surface area contributed by atoms with Gasteiger partial charge in [0.25, 0.3) is 0 Å². The largest absolute Gasteiger partial charge is 0.376 e. The molecule has 0 bridgehead atoms. The van der Waals surface area contributed by atoms with Crippen LogP contribution in [0.15, 0.2) is 66.2 Å². The van der Waals surface area contributed by atoms with Gasteiger partial charge in [0.2, 0.25) is 0 Å². The molecule has 1 aliphatic heterocycles. The summed E-state index contributed by atoms with van der Waals surface area (Å²) in [5.74, 6) is 0.866. The predicted octanol–water partition coefficient (Wildman–Crippen LogP) is 4.42. The van der Waals surface area contributed by atoms with Gasteiger partial charge in [-0.05, 0) is 30.0 Å². The molecular formula is C20H21N3OS. The van der Waals surface area contributed by atoms with Gasteiger partial charge in [-0.3, -0.25) is 4.98 Å². The second-order valence-corrected chi connectivity index (χ2v) is 7.13. The van der Waals surface area contributed by atoms with Crippen LogP contribution in [0.1, 0.15) is 18.4 Å². The smallest absolute Gasteiger partial charge is 0.168 e. The average molecular weight is 351 g/mol. The summed E-state index contributed by atoms with van der Waals surface area (Å²) in [6.07, 6.45) is 8.26. The molecule has 1 atom stereocenters. The molecule has 4 nitrogen and oxygen atoms in total. The second kappa shape index (κ2) is 7.85. The van der Waals surface area contributed by atoms with Crippen LogP contribution >= 0.6 is 11.8 Å². The summed E-state index contributed by atoms with van der Waals surface area (Å²) in [5.41, 5.74) is 3.56. The minimum absolute atomic E-state index is 0.286. The van der Waals surface area contributed by atoms with E-state index in [9.17, 15) is 0 Å². The summed E-state index contributed by atoms with van der Waals surface area (Å²) in [6.45, 7) is 1.73. The highest BCUT2D eigenvalue weighted by Crippen LogP contribution is 2.29. The van der Waals surface area contributed by atoms with Crippen molar-refractivity contribution in [3.63, 3.8) is 0 Å². The lowest BCUT2D eigenvalue weighted by Gasteiger charge is -2.16. The van der Waals surface area contributed by atoms with Gasteiger partial charge in [-0.15, -0.1) is 0 Å². The van der Waals surface area contributed by atoms with Crippen LogP contribution in [0.5, 0.6) is 0 Å². The number of rotatable bonds is 6. The van der Waals surface area contributed by atoms with Crippen LogP contribution in [0.25, 0.3) is 11.3 Å². The van der Waals surface area contributed by atoms with E-state index in [4.69, 9.17) is 9.72 Å². The molecule has 1 aliphatic rings. The fourth-order valence-electron chi connectivity index (χ4n) is 3.11. The van der Waals surface area contributed by atoms with Crippen LogP contribution in [0, 0.1) is 0 Å². The molecule has 0 spiro atoms. The van der Waals surface area contributed by atoms with Crippen molar-refractivity contribution in [2.24, 2.45) is 0 Å². The van der Waals surface area contributed by atoms with Crippen molar-refractivity contribution in [3.05, 3.63) is 66.6 Å². The van der Waals surface area contributed by atoms with E-state index in [1.54, 1.807) is 18.0 Å². The molecule has 0 radical (unpaired) electrons. The Bertz CT molecular complexity index is 798. The highest BCUT2D eigenvalue weighted by molar-refractivity contribution is 7.98. The first kappa shape index (κ1) is 16.4. The standard InChI is InChI=1S/C20H21N3OS/c1-2-7-17(8-3-1)19-13-22-20(23(19)14-18-9-5-11-24-18)25-15-16-6-4-10-21-12-16/h1-4,6-8,10,12-13,18H,5,9,11,14-15H2. The summed E-state index contributed by atoms with van der Waals surface area (Å²) in [5, 5.41) is 1.04. The number of benzene rings is 1. The molecular weight excluding hydrogens is 330 g/mol. The third-order valence-corrected chi connectivity index (χ3v) is 5.45. The number of nitrogens with zero attached hydrogens (tertiary/aromatic N) is 3. The lowest BCUT2D eigenvalue weighted by Crippen LogP contribution is -2.16. The van der Waals surface area contributed by atoms with E-state index in [1.165, 1.54) is 11.1 Å². The highest BCUT2D eigenvalue weighted by Gasteiger charge is 2.20. The summed E-state index contributed by atoms with van der Waals surface area (Å²) >= 11 is 1.76. The summed E-state index contributed by atoms with van der Waals surface area (Å²) in [7, 11) is 0. The summed E-state index contributed by atoms with van der Waals surface area (Å²) in [6, 6.07) is 14.5. The average Bonchev–Trinajstić information content (AvgIpc) is 3.32. The van der Waals surface area contributed by atoms with E-state index in [1.807, 2.05) is 24.5 Å². The topological polar surface area (TPSA) is 39.9 Å². The molecule has 1 fully saturated rings. The number of pyridine rings is 1. The Hall–Kier alpha value is -2.11. The van der Waals surface area contributed by atoms with Gasteiger partial charge in [0, 0.05) is 24.8 Å². The quantitative estimate of drug-likeness (QED) is 0.617. The van der Waals surface area contributed by atoms with Gasteiger partial charge < -0.3 is 9.30 Å². The molecule has 3 aromatic rings. The molecule has 5 heteroatoms. The van der Waals surface area contributed by atoms with Gasteiger partial charge in [-0.25, -0.2) is 4.98 Å². The zero-order valence-corrected chi connectivity index (χ0v) is 14.9. The van der Waals surface area contributed by atoms with Crippen LogP contribution in [0.2, 0.25) is 0 Å². The van der Waals surface area contributed by atoms with Crippen molar-refractivity contribution < 1.29 is 4.74 Å². The summed E-state index contributed by atoms with van der Waals surface area (Å²) < 4.78 is 8.18. The van der Waals surface area contributed by atoms with Crippen molar-refractivity contribution in [1.82, 2.24) is 14.5 Å². The Balaban J connectivity index is 1.60. The zero-order valence-electron chi connectivity index (χ0n) is 14.0. The van der Waals surface area contributed by atoms with Gasteiger partial charge >= 0.3 is 0 Å². The zero-order chi connectivity index (χ0) is 16.9. The van der Waals surface area contributed by atoms with Crippen molar-refractivity contribution >= 4 is 11.8 Å². The monoisotopic (exact) mass is 351 g/mol. The van der Waals surface area contributed by atoms with Crippen molar-refractivity contribution in [3.8, 4) is 11.3 Å². The third-order valence-electron chi connectivity index (χ3n) is 4.39. The van der Waals surface area contributed by atoms with E-state index in [-0.39, 0.29) is 6.10 Å². The minimum Gasteiger partial charge on any atom is -0.376 e. The number of hydrogen-bond donors (Lipinski definition) is 0. The second-order valence-electron chi connectivity index (χ2n) is 6.19. The Kier molecular flexibility index (Phi) is 5.14. The van der Waals surface area contributed by atoms with E-state index >= 15 is 0 Å². The van der Waals surface area contributed by atoms with E-state index in [0.29, 0.717) is 0 Å². The van der Waals surface area contributed by atoms with Crippen LogP contribution in [0.4, 0.5) is 0 Å². The van der Waals surface area contributed by atoms with Crippen LogP contribution < -0.4 is 0 Å². The fourth-order valence-corrected chi connectivity index (χ4v) is 4.04. The van der Waals surface area contributed by atoms with Gasteiger partial charge in [0.15, 0.2) is 5.16 Å². The number of aromatic nitrogens is 3. The van der Waals surface area contributed by atoms with Gasteiger partial charge in [0.05, 0.1) is 24.5 Å². The molecule has 1 saturated heterocycles. The van der Waals surface area contributed by atoms with E-state index in [0.717, 1.165) is 42.6 Å². The molecule has 128 valence electrons. The Morgan fingerprint density at radius 2 is 2.04 bits per heavy atom. The SMILES string of the molecule is c1ccc(-c2cnc(SCc3cccnc3)n2CC2CCCO2)cc1. The normalized spacial score (nSPS) is 17.0. The Labute approximate surface area is 152 Å². The molecule has 1 unspecified atom stereocenters. The third kappa shape index (κ3) is 3.94. The van der Waals surface area contributed by atoms with Crippen LogP contribution in [0.3, 0.4) is 0 Å². The molecule has 2 aromatic heterocycles. The highest BCUT2D eigenvalue weighted by atomic mass is 32.2. The lowest BCUT2D eigenvalue weighted by atomic mass is 10.1. The summed E-state index contributed by atoms with van der Waals surface area (Å²) in [4.78, 5) is 8.89. The Morgan fingerprint density at radius 3 is 2.80 bits per heavy atom. The van der Waals surface area contributed by atoms with Crippen molar-refractivity contribution in [2.75, 3.05) is 6.61 Å². The maximum atomic E-state index is 5.87. The number of imidazole rings is 1. The van der Waals surface area contributed by atoms with Gasteiger partial charge in [-0.1, -0.05) is 48.2 Å². The molecule has 25 heavy (non-hydrogen) atoms. The molecule has 0 amide bonds. The molecule has 0 N–H and O–H groups in total. The molecule has 1 aromatic carbocycles. The molecule has 3 heterocycles. The fraction of sp³-hybridized carbons (Fsp3) is 0.300. The lowest BCUT2D eigenvalue weighted by molar-refractivity contribution is 0.0954. The minimum atomic E-state index is 0.286. The first-order chi connectivity index (χ1) is 12.4. The predicted molar refractivity (Wildman–Crippen MR) is 100 cm³/mol. The first-order valence-electron chi connectivity index (χ1n) is 8.64. The first-order valence-corrected chi connectivity index (χ1v) is 9.63. The molecule has 0 saturated carbocycles. The van der Waals surface area contributed by atoms with Crippen molar-refractivity contribution in [2.45, 2.75) is 36.4 Å². The number of thioether (sulfide) groups is 1. The van der Waals surface area contributed by atoms with E-state index < -0.39 is 0 Å². The number of hydrogen-bond acceptors (Lipinski definition) is 4. The van der Waals surface area contributed by atoms with Gasteiger partial charge in [0.1, 0.15) is 0 Å². The maximum absolute atomic E-state index is 5.87. The van der Waals surface area contributed by atoms with Gasteiger partial charge in [-0.2, -0.15) is 0 Å².